The highest BCUT2D eigenvalue weighted by molar-refractivity contribution is 5.84. The van der Waals surface area contributed by atoms with Gasteiger partial charge in [0.1, 0.15) is 6.33 Å². The van der Waals surface area contributed by atoms with Crippen LogP contribution in [-0.4, -0.2) is 46.3 Å². The molecule has 0 saturated heterocycles. The van der Waals surface area contributed by atoms with E-state index in [4.69, 9.17) is 4.74 Å². The monoisotopic (exact) mass is 365 g/mol. The molecule has 1 unspecified atom stereocenters. The highest BCUT2D eigenvalue weighted by atomic mass is 16.5. The fourth-order valence-corrected chi connectivity index (χ4v) is 3.29. The number of methoxy groups -OCH3 is 1. The van der Waals surface area contributed by atoms with Crippen molar-refractivity contribution in [3.05, 3.63) is 12.2 Å². The van der Waals surface area contributed by atoms with Crippen LogP contribution < -0.4 is 10.6 Å². The molecule has 0 spiro atoms. The normalized spacial score (nSPS) is 16.7. The van der Waals surface area contributed by atoms with Crippen LogP contribution in [0.15, 0.2) is 6.33 Å². The molecule has 8 nitrogen and oxygen atoms in total. The van der Waals surface area contributed by atoms with E-state index in [0.717, 1.165) is 12.8 Å². The molecule has 1 heterocycles. The summed E-state index contributed by atoms with van der Waals surface area (Å²) in [5.74, 6) is 0.482. The smallest absolute Gasteiger partial charge is 0.221 e. The quantitative estimate of drug-likeness (QED) is 0.649. The van der Waals surface area contributed by atoms with E-state index in [9.17, 15) is 9.59 Å². The lowest BCUT2D eigenvalue weighted by Gasteiger charge is -2.17. The number of carbonyl (C=O) groups is 2. The number of ether oxygens (including phenoxy) is 1. The number of amides is 2. The van der Waals surface area contributed by atoms with Crippen molar-refractivity contribution in [1.29, 1.82) is 0 Å². The predicted molar refractivity (Wildman–Crippen MR) is 97.3 cm³/mol. The third kappa shape index (κ3) is 6.74. The Balaban J connectivity index is 1.72. The molecule has 26 heavy (non-hydrogen) atoms. The molecule has 0 aliphatic heterocycles. The number of nitrogens with zero attached hydrogens (tertiary/aromatic N) is 3. The second-order valence-corrected chi connectivity index (χ2v) is 6.92. The molecule has 1 fully saturated rings. The van der Waals surface area contributed by atoms with Gasteiger partial charge in [0.15, 0.2) is 5.82 Å². The van der Waals surface area contributed by atoms with Gasteiger partial charge in [0.2, 0.25) is 11.8 Å². The van der Waals surface area contributed by atoms with Crippen LogP contribution in [0, 0.1) is 0 Å². The van der Waals surface area contributed by atoms with Crippen LogP contribution in [0.5, 0.6) is 0 Å². The van der Waals surface area contributed by atoms with Crippen molar-refractivity contribution in [2.24, 2.45) is 0 Å². The van der Waals surface area contributed by atoms with Gasteiger partial charge in [-0.1, -0.05) is 25.7 Å². The van der Waals surface area contributed by atoms with E-state index in [1.807, 2.05) is 11.5 Å². The summed E-state index contributed by atoms with van der Waals surface area (Å²) < 4.78 is 6.91. The van der Waals surface area contributed by atoms with Crippen LogP contribution in [0.2, 0.25) is 0 Å². The summed E-state index contributed by atoms with van der Waals surface area (Å²) in [6, 6.07) is -0.00176. The number of aromatic nitrogens is 3. The maximum Gasteiger partial charge on any atom is 0.221 e. The molecule has 0 radical (unpaired) electrons. The Hall–Kier alpha value is -1.96. The Morgan fingerprint density at radius 2 is 1.92 bits per heavy atom. The van der Waals surface area contributed by atoms with Crippen LogP contribution in [-0.2, 0) is 20.9 Å². The zero-order valence-corrected chi connectivity index (χ0v) is 15.9. The van der Waals surface area contributed by atoms with Crippen molar-refractivity contribution in [3.63, 3.8) is 0 Å². The maximum atomic E-state index is 12.2. The number of hydrogen-bond donors (Lipinski definition) is 2. The van der Waals surface area contributed by atoms with Gasteiger partial charge in [-0.3, -0.25) is 9.59 Å². The van der Waals surface area contributed by atoms with E-state index in [2.05, 4.69) is 20.8 Å². The average Bonchev–Trinajstić information content (AvgIpc) is 2.95. The maximum absolute atomic E-state index is 12.2. The molecule has 1 aromatic heterocycles. The van der Waals surface area contributed by atoms with Crippen LogP contribution in [0.1, 0.15) is 70.2 Å². The van der Waals surface area contributed by atoms with Crippen molar-refractivity contribution >= 4 is 11.8 Å². The summed E-state index contributed by atoms with van der Waals surface area (Å²) in [5, 5.41) is 13.9. The zero-order chi connectivity index (χ0) is 18.8. The van der Waals surface area contributed by atoms with Gasteiger partial charge in [-0.25, -0.2) is 0 Å². The summed E-state index contributed by atoms with van der Waals surface area (Å²) in [4.78, 5) is 24.2. The average molecular weight is 365 g/mol. The van der Waals surface area contributed by atoms with Crippen LogP contribution in [0.25, 0.3) is 0 Å². The van der Waals surface area contributed by atoms with E-state index < -0.39 is 0 Å². The third-order valence-corrected chi connectivity index (χ3v) is 4.75. The molecule has 1 saturated carbocycles. The SMILES string of the molecule is COCCn1cnnc1C(C)NC(=O)CCC(=O)NC1CCCCCC1. The Morgan fingerprint density at radius 3 is 2.62 bits per heavy atom. The molecule has 2 rings (SSSR count). The fraction of sp³-hybridized carbons (Fsp3) is 0.778. The van der Waals surface area contributed by atoms with Crippen molar-refractivity contribution in [2.45, 2.75) is 76.9 Å². The minimum Gasteiger partial charge on any atom is -0.383 e. The second-order valence-electron chi connectivity index (χ2n) is 6.92. The first-order valence-electron chi connectivity index (χ1n) is 9.55. The Labute approximate surface area is 155 Å². The van der Waals surface area contributed by atoms with E-state index >= 15 is 0 Å². The first-order valence-corrected chi connectivity index (χ1v) is 9.55. The van der Waals surface area contributed by atoms with Gasteiger partial charge in [0, 0.05) is 32.5 Å². The van der Waals surface area contributed by atoms with Crippen molar-refractivity contribution in [2.75, 3.05) is 13.7 Å². The standard InChI is InChI=1S/C18H31N5O3/c1-14(18-22-19-13-23(18)11-12-26-2)20-16(24)9-10-17(25)21-15-7-5-3-4-6-8-15/h13-15H,3-12H2,1-2H3,(H,20,24)(H,21,25). The molecule has 1 atom stereocenters. The Kier molecular flexibility index (Phi) is 8.53. The van der Waals surface area contributed by atoms with Crippen molar-refractivity contribution < 1.29 is 14.3 Å². The molecule has 0 bridgehead atoms. The van der Waals surface area contributed by atoms with E-state index in [1.54, 1.807) is 13.4 Å². The molecule has 2 N–H and O–H groups in total. The molecule has 0 aromatic carbocycles. The molecule has 1 aromatic rings. The molecular weight excluding hydrogens is 334 g/mol. The Bertz CT molecular complexity index is 567. The number of carbonyl (C=O) groups excluding carboxylic acids is 2. The van der Waals surface area contributed by atoms with Gasteiger partial charge in [-0.05, 0) is 19.8 Å². The van der Waals surface area contributed by atoms with Gasteiger partial charge >= 0.3 is 0 Å². The number of rotatable bonds is 9. The third-order valence-electron chi connectivity index (χ3n) is 4.75. The van der Waals surface area contributed by atoms with Gasteiger partial charge in [0.25, 0.3) is 0 Å². The summed E-state index contributed by atoms with van der Waals surface area (Å²) in [7, 11) is 1.63. The molecule has 8 heteroatoms. The van der Waals surface area contributed by atoms with E-state index in [1.165, 1.54) is 25.7 Å². The van der Waals surface area contributed by atoms with E-state index in [-0.39, 0.29) is 36.7 Å². The number of hydrogen-bond acceptors (Lipinski definition) is 5. The lowest BCUT2D eigenvalue weighted by molar-refractivity contribution is -0.127. The first kappa shape index (κ1) is 20.4. The predicted octanol–water partition coefficient (Wildman–Crippen LogP) is 1.72. The molecule has 146 valence electrons. The number of nitrogens with one attached hydrogen (secondary N) is 2. The van der Waals surface area contributed by atoms with Gasteiger partial charge in [0.05, 0.1) is 12.6 Å². The van der Waals surface area contributed by atoms with Crippen LogP contribution >= 0.6 is 0 Å². The lowest BCUT2D eigenvalue weighted by atomic mass is 10.1. The minimum absolute atomic E-state index is 0.0389. The fourth-order valence-electron chi connectivity index (χ4n) is 3.29. The molecule has 2 amide bonds. The zero-order valence-electron chi connectivity index (χ0n) is 15.9. The van der Waals surface area contributed by atoms with Crippen LogP contribution in [0.4, 0.5) is 0 Å². The first-order chi connectivity index (χ1) is 12.6. The van der Waals surface area contributed by atoms with Crippen molar-refractivity contribution in [1.82, 2.24) is 25.4 Å². The molecule has 1 aliphatic carbocycles. The van der Waals surface area contributed by atoms with E-state index in [0.29, 0.717) is 19.0 Å². The molecule has 1 aliphatic rings. The summed E-state index contributed by atoms with van der Waals surface area (Å²) >= 11 is 0. The topological polar surface area (TPSA) is 98.1 Å². The van der Waals surface area contributed by atoms with Crippen LogP contribution in [0.3, 0.4) is 0 Å². The highest BCUT2D eigenvalue weighted by Crippen LogP contribution is 2.17. The second kappa shape index (κ2) is 10.9. The summed E-state index contributed by atoms with van der Waals surface area (Å²) in [6.45, 7) is 3.03. The summed E-state index contributed by atoms with van der Waals surface area (Å²) in [6.07, 6.45) is 8.96. The lowest BCUT2D eigenvalue weighted by Crippen LogP contribution is -2.35. The van der Waals surface area contributed by atoms with Gasteiger partial charge in [-0.2, -0.15) is 0 Å². The largest absolute Gasteiger partial charge is 0.383 e. The summed E-state index contributed by atoms with van der Waals surface area (Å²) in [5.41, 5.74) is 0. The minimum atomic E-state index is -0.272. The van der Waals surface area contributed by atoms with Crippen molar-refractivity contribution in [3.8, 4) is 0 Å². The van der Waals surface area contributed by atoms with Gasteiger partial charge < -0.3 is 19.9 Å². The van der Waals surface area contributed by atoms with Gasteiger partial charge in [-0.15, -0.1) is 10.2 Å². The molecular formula is C18H31N5O3. The highest BCUT2D eigenvalue weighted by Gasteiger charge is 2.18. The Morgan fingerprint density at radius 1 is 1.23 bits per heavy atom.